The van der Waals surface area contributed by atoms with Gasteiger partial charge < -0.3 is 9.42 Å². The Balaban J connectivity index is 3.76. The zero-order valence-corrected chi connectivity index (χ0v) is 18.3. The van der Waals surface area contributed by atoms with Crippen molar-refractivity contribution in [1.29, 1.82) is 0 Å². The highest BCUT2D eigenvalue weighted by atomic mass is 32.9. The summed E-state index contributed by atoms with van der Waals surface area (Å²) in [5, 5.41) is 0. The van der Waals surface area contributed by atoms with Crippen molar-refractivity contribution in [3.8, 4) is 0 Å². The molecule has 0 aliphatic rings. The van der Waals surface area contributed by atoms with Gasteiger partial charge in [0.1, 0.15) is 0 Å². The van der Waals surface area contributed by atoms with Crippen LogP contribution in [0.4, 0.5) is 0 Å². The average Bonchev–Trinajstić information content (AvgIpc) is 2.52. The zero-order chi connectivity index (χ0) is 17.6. The molecule has 0 aliphatic carbocycles. The maximum atomic E-state index is 10.3. The fourth-order valence-corrected chi connectivity index (χ4v) is 6.08. The molecule has 0 spiro atoms. The van der Waals surface area contributed by atoms with E-state index >= 15 is 0 Å². The SMILES string of the molecule is CCCCCCC(C)COP(O)(=S)SCC(C)CCCCCC. The predicted molar refractivity (Wildman–Crippen MR) is 111 cm³/mol. The summed E-state index contributed by atoms with van der Waals surface area (Å²) in [6.07, 6.45) is 12.8. The molecule has 0 saturated heterocycles. The third-order valence-corrected chi connectivity index (χ3v) is 8.67. The second-order valence-corrected chi connectivity index (χ2v) is 13.2. The van der Waals surface area contributed by atoms with Crippen LogP contribution in [0.3, 0.4) is 0 Å². The second-order valence-electron chi connectivity index (χ2n) is 6.97. The molecule has 3 atom stereocenters. The highest BCUT2D eigenvalue weighted by Crippen LogP contribution is 2.57. The molecular weight excluding hydrogens is 343 g/mol. The zero-order valence-electron chi connectivity index (χ0n) is 15.8. The standard InChI is InChI=1S/C18H39O2PS2/c1-5-7-9-11-13-17(3)15-20-21(19,22)23-16-18(4)14-12-10-8-6-2/h17-18H,5-16H2,1-4H3,(H,19,22). The number of unbranched alkanes of at least 4 members (excludes halogenated alkanes) is 6. The first-order chi connectivity index (χ1) is 10.9. The lowest BCUT2D eigenvalue weighted by Crippen LogP contribution is -2.05. The first-order valence-corrected chi connectivity index (χ1v) is 13.8. The number of hydrogen-bond acceptors (Lipinski definition) is 3. The first kappa shape index (κ1) is 23.9. The van der Waals surface area contributed by atoms with Crippen LogP contribution in [0, 0.1) is 11.8 Å². The maximum absolute atomic E-state index is 10.3. The van der Waals surface area contributed by atoms with Crippen molar-refractivity contribution in [2.75, 3.05) is 12.4 Å². The van der Waals surface area contributed by atoms with E-state index in [1.165, 1.54) is 75.6 Å². The van der Waals surface area contributed by atoms with Gasteiger partial charge in [0.2, 0.25) is 5.69 Å². The van der Waals surface area contributed by atoms with Gasteiger partial charge >= 0.3 is 0 Å². The van der Waals surface area contributed by atoms with Crippen LogP contribution >= 0.6 is 17.1 Å². The van der Waals surface area contributed by atoms with Crippen LogP contribution in [0.1, 0.15) is 91.9 Å². The van der Waals surface area contributed by atoms with Crippen LogP contribution in [0.2, 0.25) is 0 Å². The van der Waals surface area contributed by atoms with E-state index in [0.29, 0.717) is 18.4 Å². The monoisotopic (exact) mass is 382 g/mol. The molecule has 0 rings (SSSR count). The predicted octanol–water partition coefficient (Wildman–Crippen LogP) is 7.17. The van der Waals surface area contributed by atoms with Gasteiger partial charge in [-0.15, -0.1) is 0 Å². The van der Waals surface area contributed by atoms with Gasteiger partial charge in [-0.3, -0.25) is 0 Å². The minimum atomic E-state index is -2.64. The lowest BCUT2D eigenvalue weighted by Gasteiger charge is -2.20. The molecule has 0 fully saturated rings. The molecule has 0 radical (unpaired) electrons. The van der Waals surface area contributed by atoms with Crippen LogP contribution in [-0.2, 0) is 16.3 Å². The van der Waals surface area contributed by atoms with Gasteiger partial charge in [0, 0.05) is 5.75 Å². The molecule has 0 saturated carbocycles. The molecule has 0 amide bonds. The van der Waals surface area contributed by atoms with Crippen molar-refractivity contribution in [3.63, 3.8) is 0 Å². The van der Waals surface area contributed by atoms with Crippen molar-refractivity contribution in [2.24, 2.45) is 11.8 Å². The van der Waals surface area contributed by atoms with Crippen LogP contribution in [-0.4, -0.2) is 17.3 Å². The van der Waals surface area contributed by atoms with Crippen molar-refractivity contribution in [3.05, 3.63) is 0 Å². The number of hydrogen-bond donors (Lipinski definition) is 1. The van der Waals surface area contributed by atoms with Gasteiger partial charge in [0.25, 0.3) is 0 Å². The summed E-state index contributed by atoms with van der Waals surface area (Å²) in [4.78, 5) is 10.3. The van der Waals surface area contributed by atoms with Gasteiger partial charge in [0.15, 0.2) is 0 Å². The van der Waals surface area contributed by atoms with E-state index in [1.54, 1.807) is 0 Å². The molecule has 0 bridgehead atoms. The molecule has 140 valence electrons. The summed E-state index contributed by atoms with van der Waals surface area (Å²) in [5.74, 6) is 2.03. The molecule has 23 heavy (non-hydrogen) atoms. The van der Waals surface area contributed by atoms with Gasteiger partial charge in [0.05, 0.1) is 6.61 Å². The fraction of sp³-hybridized carbons (Fsp3) is 1.00. The van der Waals surface area contributed by atoms with E-state index in [0.717, 1.165) is 5.75 Å². The minimum Gasteiger partial charge on any atom is -0.337 e. The quantitative estimate of drug-likeness (QED) is 0.226. The summed E-state index contributed by atoms with van der Waals surface area (Å²) < 4.78 is 5.69. The summed E-state index contributed by atoms with van der Waals surface area (Å²) >= 11 is 6.78. The van der Waals surface area contributed by atoms with Crippen molar-refractivity contribution in [1.82, 2.24) is 0 Å². The van der Waals surface area contributed by atoms with Gasteiger partial charge in [-0.05, 0) is 36.5 Å². The molecule has 0 aromatic carbocycles. The lowest BCUT2D eigenvalue weighted by molar-refractivity contribution is 0.253. The van der Waals surface area contributed by atoms with Crippen LogP contribution in [0.15, 0.2) is 0 Å². The summed E-state index contributed by atoms with van der Waals surface area (Å²) in [6, 6.07) is 0. The normalized spacial score (nSPS) is 16.9. The molecule has 0 aliphatic heterocycles. The molecule has 0 heterocycles. The van der Waals surface area contributed by atoms with Crippen LogP contribution in [0.5, 0.6) is 0 Å². The van der Waals surface area contributed by atoms with Crippen molar-refractivity contribution in [2.45, 2.75) is 91.9 Å². The molecule has 0 aromatic heterocycles. The van der Waals surface area contributed by atoms with Crippen molar-refractivity contribution < 1.29 is 9.42 Å². The minimum absolute atomic E-state index is 0.494. The first-order valence-electron chi connectivity index (χ1n) is 9.53. The Morgan fingerprint density at radius 2 is 1.43 bits per heavy atom. The van der Waals surface area contributed by atoms with E-state index in [9.17, 15) is 4.89 Å². The molecule has 5 heteroatoms. The average molecular weight is 383 g/mol. The van der Waals surface area contributed by atoms with E-state index in [1.807, 2.05) is 0 Å². The Kier molecular flexibility index (Phi) is 15.8. The summed E-state index contributed by atoms with van der Waals surface area (Å²) in [7, 11) is 0. The van der Waals surface area contributed by atoms with E-state index < -0.39 is 5.69 Å². The summed E-state index contributed by atoms with van der Waals surface area (Å²) in [6.45, 7) is 9.53. The fourth-order valence-electron chi connectivity index (χ4n) is 2.49. The molecule has 2 nitrogen and oxygen atoms in total. The molecule has 0 aromatic rings. The van der Waals surface area contributed by atoms with Gasteiger partial charge in [-0.25, -0.2) is 0 Å². The Hall–Kier alpha value is 0.920. The largest absolute Gasteiger partial charge is 0.337 e. The van der Waals surface area contributed by atoms with Crippen LogP contribution < -0.4 is 0 Å². The van der Waals surface area contributed by atoms with E-state index in [2.05, 4.69) is 27.7 Å². The Labute approximate surface area is 154 Å². The van der Waals surface area contributed by atoms with E-state index in [4.69, 9.17) is 16.3 Å². The Bertz CT molecular complexity index is 287. The van der Waals surface area contributed by atoms with E-state index in [-0.39, 0.29) is 0 Å². The second kappa shape index (κ2) is 15.2. The highest BCUT2D eigenvalue weighted by molar-refractivity contribution is 8.67. The molecular formula is C18H39O2PS2. The number of rotatable bonds is 16. The van der Waals surface area contributed by atoms with Gasteiger partial charge in [-0.2, -0.15) is 0 Å². The third-order valence-electron chi connectivity index (χ3n) is 4.15. The summed E-state index contributed by atoms with van der Waals surface area (Å²) in [5.41, 5.74) is -2.64. The Morgan fingerprint density at radius 1 is 0.913 bits per heavy atom. The molecule has 3 unspecified atom stereocenters. The highest BCUT2D eigenvalue weighted by Gasteiger charge is 2.18. The van der Waals surface area contributed by atoms with Crippen molar-refractivity contribution >= 4 is 28.9 Å². The third kappa shape index (κ3) is 16.2. The Morgan fingerprint density at radius 3 is 1.96 bits per heavy atom. The van der Waals surface area contributed by atoms with Gasteiger partial charge in [-0.1, -0.05) is 90.4 Å². The smallest absolute Gasteiger partial charge is 0.244 e. The lowest BCUT2D eigenvalue weighted by atomic mass is 10.0. The molecule has 1 N–H and O–H groups in total. The topological polar surface area (TPSA) is 29.5 Å². The maximum Gasteiger partial charge on any atom is 0.244 e. The van der Waals surface area contributed by atoms with Crippen LogP contribution in [0.25, 0.3) is 0 Å².